The van der Waals surface area contributed by atoms with Crippen molar-refractivity contribution in [1.82, 2.24) is 9.78 Å². The van der Waals surface area contributed by atoms with E-state index in [2.05, 4.69) is 11.2 Å². The van der Waals surface area contributed by atoms with E-state index in [1.165, 1.54) is 0 Å². The Balaban J connectivity index is 2.27. The Kier molecular flexibility index (Phi) is 4.19. The van der Waals surface area contributed by atoms with E-state index in [-0.39, 0.29) is 6.04 Å². The normalized spacial score (nSPS) is 12.7. The minimum Gasteiger partial charge on any atom is -0.324 e. The van der Waals surface area contributed by atoms with Gasteiger partial charge in [-0.15, -0.1) is 0 Å². The number of benzene rings is 1. The third-order valence-corrected chi connectivity index (χ3v) is 3.88. The highest BCUT2D eigenvalue weighted by atomic mass is 35.5. The molecule has 2 aromatic rings. The lowest BCUT2D eigenvalue weighted by Gasteiger charge is -2.13. The maximum atomic E-state index is 6.26. The summed E-state index contributed by atoms with van der Waals surface area (Å²) >= 11 is 12.3. The maximum Gasteiger partial charge on any atom is 0.130 e. The standard InChI is InChI=1S/C14H17Cl2N3/c1-8-4-10(6-11(15)5-8)13(17)7-12-9(2)18-19(3)14(12)16/h4-6,13H,7,17H2,1-3H3. The van der Waals surface area contributed by atoms with Gasteiger partial charge < -0.3 is 5.73 Å². The highest BCUT2D eigenvalue weighted by Gasteiger charge is 2.16. The first kappa shape index (κ1) is 14.4. The van der Waals surface area contributed by atoms with Gasteiger partial charge in [0, 0.05) is 23.7 Å². The quantitative estimate of drug-likeness (QED) is 0.941. The number of aromatic nitrogens is 2. The zero-order chi connectivity index (χ0) is 14.2. The van der Waals surface area contributed by atoms with Gasteiger partial charge in [-0.05, 0) is 43.5 Å². The van der Waals surface area contributed by atoms with E-state index < -0.39 is 0 Å². The summed E-state index contributed by atoms with van der Waals surface area (Å²) in [6.07, 6.45) is 0.651. The third-order valence-electron chi connectivity index (χ3n) is 3.19. The van der Waals surface area contributed by atoms with Crippen LogP contribution in [-0.4, -0.2) is 9.78 Å². The topological polar surface area (TPSA) is 43.8 Å². The number of nitrogens with two attached hydrogens (primary N) is 1. The molecule has 0 aliphatic rings. The first-order chi connectivity index (χ1) is 8.88. The molecule has 0 saturated heterocycles. The Morgan fingerprint density at radius 2 is 1.95 bits per heavy atom. The molecule has 102 valence electrons. The van der Waals surface area contributed by atoms with Crippen LogP contribution in [0.3, 0.4) is 0 Å². The molecule has 0 aliphatic heterocycles. The Morgan fingerprint density at radius 3 is 2.47 bits per heavy atom. The van der Waals surface area contributed by atoms with E-state index in [9.17, 15) is 0 Å². The summed E-state index contributed by atoms with van der Waals surface area (Å²) < 4.78 is 1.67. The van der Waals surface area contributed by atoms with Crippen molar-refractivity contribution in [1.29, 1.82) is 0 Å². The predicted octanol–water partition coefficient (Wildman–Crippen LogP) is 3.59. The van der Waals surface area contributed by atoms with Gasteiger partial charge >= 0.3 is 0 Å². The van der Waals surface area contributed by atoms with Crippen LogP contribution in [0, 0.1) is 13.8 Å². The van der Waals surface area contributed by atoms with Gasteiger partial charge in [-0.2, -0.15) is 5.10 Å². The first-order valence-electron chi connectivity index (χ1n) is 6.09. The molecule has 0 aliphatic carbocycles. The molecule has 19 heavy (non-hydrogen) atoms. The number of aryl methyl sites for hydroxylation is 3. The highest BCUT2D eigenvalue weighted by molar-refractivity contribution is 6.30. The van der Waals surface area contributed by atoms with Crippen LogP contribution in [0.15, 0.2) is 18.2 Å². The molecule has 0 spiro atoms. The van der Waals surface area contributed by atoms with Gasteiger partial charge in [0.1, 0.15) is 5.15 Å². The van der Waals surface area contributed by atoms with Crippen LogP contribution < -0.4 is 5.73 Å². The van der Waals surface area contributed by atoms with Gasteiger partial charge in [-0.25, -0.2) is 0 Å². The molecule has 1 unspecified atom stereocenters. The first-order valence-corrected chi connectivity index (χ1v) is 6.84. The van der Waals surface area contributed by atoms with Crippen molar-refractivity contribution in [3.05, 3.63) is 50.8 Å². The predicted molar refractivity (Wildman–Crippen MR) is 79.8 cm³/mol. The van der Waals surface area contributed by atoms with E-state index in [0.717, 1.165) is 22.4 Å². The summed E-state index contributed by atoms with van der Waals surface area (Å²) in [5.74, 6) is 0. The van der Waals surface area contributed by atoms with Crippen molar-refractivity contribution in [2.24, 2.45) is 12.8 Å². The molecular weight excluding hydrogens is 281 g/mol. The van der Waals surface area contributed by atoms with E-state index in [1.54, 1.807) is 4.68 Å². The smallest absolute Gasteiger partial charge is 0.130 e. The van der Waals surface area contributed by atoms with Crippen LogP contribution in [0.1, 0.15) is 28.4 Å². The SMILES string of the molecule is Cc1cc(Cl)cc(C(N)Cc2c(C)nn(C)c2Cl)c1. The van der Waals surface area contributed by atoms with Crippen LogP contribution in [0.4, 0.5) is 0 Å². The molecule has 1 heterocycles. The Morgan fingerprint density at radius 1 is 1.26 bits per heavy atom. The minimum atomic E-state index is -0.141. The monoisotopic (exact) mass is 297 g/mol. The van der Waals surface area contributed by atoms with Crippen LogP contribution in [0.2, 0.25) is 10.2 Å². The molecule has 1 aromatic carbocycles. The fourth-order valence-electron chi connectivity index (χ4n) is 2.22. The third kappa shape index (κ3) is 3.11. The van der Waals surface area contributed by atoms with Crippen molar-refractivity contribution in [2.75, 3.05) is 0 Å². The van der Waals surface area contributed by atoms with Crippen LogP contribution in [-0.2, 0) is 13.5 Å². The summed E-state index contributed by atoms with van der Waals surface area (Å²) in [6, 6.07) is 5.73. The molecule has 0 bridgehead atoms. The average molecular weight is 298 g/mol. The number of hydrogen-bond donors (Lipinski definition) is 1. The molecule has 1 atom stereocenters. The van der Waals surface area contributed by atoms with Crippen molar-refractivity contribution < 1.29 is 0 Å². The lowest BCUT2D eigenvalue weighted by Crippen LogP contribution is -2.14. The van der Waals surface area contributed by atoms with E-state index in [0.29, 0.717) is 16.6 Å². The summed E-state index contributed by atoms with van der Waals surface area (Å²) in [5, 5.41) is 5.65. The number of nitrogens with zero attached hydrogens (tertiary/aromatic N) is 2. The zero-order valence-corrected chi connectivity index (χ0v) is 12.8. The minimum absolute atomic E-state index is 0.141. The average Bonchev–Trinajstić information content (AvgIpc) is 2.54. The van der Waals surface area contributed by atoms with E-state index in [1.807, 2.05) is 33.0 Å². The molecule has 0 saturated carbocycles. The highest BCUT2D eigenvalue weighted by Crippen LogP contribution is 2.26. The van der Waals surface area contributed by atoms with Crippen molar-refractivity contribution >= 4 is 23.2 Å². The summed E-state index contributed by atoms with van der Waals surface area (Å²) in [7, 11) is 1.83. The van der Waals surface area contributed by atoms with Gasteiger partial charge in [-0.3, -0.25) is 4.68 Å². The zero-order valence-electron chi connectivity index (χ0n) is 11.2. The summed E-state index contributed by atoms with van der Waals surface area (Å²) in [5.41, 5.74) is 10.3. The van der Waals surface area contributed by atoms with E-state index >= 15 is 0 Å². The lowest BCUT2D eigenvalue weighted by atomic mass is 9.99. The fraction of sp³-hybridized carbons (Fsp3) is 0.357. The second-order valence-corrected chi connectivity index (χ2v) is 5.65. The molecular formula is C14H17Cl2N3. The molecule has 2 rings (SSSR count). The second-order valence-electron chi connectivity index (χ2n) is 4.85. The van der Waals surface area contributed by atoms with Gasteiger partial charge in [0.25, 0.3) is 0 Å². The van der Waals surface area contributed by atoms with Crippen LogP contribution in [0.5, 0.6) is 0 Å². The number of rotatable bonds is 3. The van der Waals surface area contributed by atoms with Crippen molar-refractivity contribution in [2.45, 2.75) is 26.3 Å². The van der Waals surface area contributed by atoms with E-state index in [4.69, 9.17) is 28.9 Å². The van der Waals surface area contributed by atoms with Crippen molar-refractivity contribution in [3.8, 4) is 0 Å². The molecule has 0 radical (unpaired) electrons. The van der Waals surface area contributed by atoms with Crippen LogP contribution in [0.25, 0.3) is 0 Å². The largest absolute Gasteiger partial charge is 0.324 e. The molecule has 3 nitrogen and oxygen atoms in total. The molecule has 5 heteroatoms. The molecule has 0 fully saturated rings. The van der Waals surface area contributed by atoms with Gasteiger partial charge in [0.05, 0.1) is 5.69 Å². The number of hydrogen-bond acceptors (Lipinski definition) is 2. The van der Waals surface area contributed by atoms with Crippen LogP contribution >= 0.6 is 23.2 Å². The maximum absolute atomic E-state index is 6.26. The Bertz CT molecular complexity index is 585. The van der Waals surface area contributed by atoms with Gasteiger partial charge in [0.15, 0.2) is 0 Å². The van der Waals surface area contributed by atoms with Gasteiger partial charge in [0.2, 0.25) is 0 Å². The lowest BCUT2D eigenvalue weighted by molar-refractivity contribution is 0.717. The number of halogens is 2. The fourth-order valence-corrected chi connectivity index (χ4v) is 2.77. The Labute approximate surface area is 123 Å². The molecule has 2 N–H and O–H groups in total. The summed E-state index contributed by atoms with van der Waals surface area (Å²) in [4.78, 5) is 0. The molecule has 0 amide bonds. The molecule has 1 aromatic heterocycles. The Hall–Kier alpha value is -1.03. The van der Waals surface area contributed by atoms with Gasteiger partial charge in [-0.1, -0.05) is 29.3 Å². The summed E-state index contributed by atoms with van der Waals surface area (Å²) in [6.45, 7) is 3.95. The second kappa shape index (κ2) is 5.53. The van der Waals surface area contributed by atoms with Crippen molar-refractivity contribution in [3.63, 3.8) is 0 Å².